The van der Waals surface area contributed by atoms with Gasteiger partial charge in [-0.25, -0.2) is 4.99 Å². The van der Waals surface area contributed by atoms with Crippen LogP contribution in [0.2, 0.25) is 0 Å². The van der Waals surface area contributed by atoms with Crippen molar-refractivity contribution in [3.8, 4) is 5.75 Å². The third-order valence-electron chi connectivity index (χ3n) is 6.52. The van der Waals surface area contributed by atoms with E-state index < -0.39 is 0 Å². The monoisotopic (exact) mass is 722 g/mol. The number of nitrogens with zero attached hydrogens (tertiary/aromatic N) is 2. The minimum atomic E-state index is -0.0892. The van der Waals surface area contributed by atoms with E-state index in [0.29, 0.717) is 16.7 Å². The van der Waals surface area contributed by atoms with Gasteiger partial charge in [0.05, 0.1) is 24.3 Å². The molecule has 4 aromatic rings. The summed E-state index contributed by atoms with van der Waals surface area (Å²) in [6.45, 7) is 4.73. The minimum absolute atomic E-state index is 0.0892. The van der Waals surface area contributed by atoms with E-state index in [-0.39, 0.29) is 5.91 Å². The number of aryl methyl sites for hydroxylation is 2. The molecule has 202 valence electrons. The first kappa shape index (κ1) is 28.6. The second kappa shape index (κ2) is 13.2. The van der Waals surface area contributed by atoms with Crippen molar-refractivity contribution in [2.24, 2.45) is 4.99 Å². The van der Waals surface area contributed by atoms with E-state index in [1.807, 2.05) is 72.8 Å². The van der Waals surface area contributed by atoms with Crippen LogP contribution in [-0.2, 0) is 24.2 Å². The molecule has 0 unspecified atom stereocenters. The van der Waals surface area contributed by atoms with E-state index in [1.54, 1.807) is 4.90 Å². The molecule has 0 saturated carbocycles. The Morgan fingerprint density at radius 1 is 0.900 bits per heavy atom. The van der Waals surface area contributed by atoms with E-state index in [9.17, 15) is 4.79 Å². The van der Waals surface area contributed by atoms with Crippen LogP contribution in [0.3, 0.4) is 0 Å². The van der Waals surface area contributed by atoms with Crippen molar-refractivity contribution in [3.63, 3.8) is 0 Å². The minimum Gasteiger partial charge on any atom is -0.487 e. The number of amides is 1. The number of carbonyl (C=O) groups is 1. The van der Waals surface area contributed by atoms with Crippen molar-refractivity contribution in [3.05, 3.63) is 126 Å². The number of hydrogen-bond donors (Lipinski definition) is 0. The fourth-order valence-electron chi connectivity index (χ4n) is 4.26. The van der Waals surface area contributed by atoms with E-state index in [4.69, 9.17) is 9.73 Å². The molecule has 5 rings (SSSR count). The summed E-state index contributed by atoms with van der Waals surface area (Å²) in [5.41, 5.74) is 6.12. The predicted molar refractivity (Wildman–Crippen MR) is 179 cm³/mol. The second-order valence-corrected chi connectivity index (χ2v) is 12.3. The maximum absolute atomic E-state index is 13.8. The highest BCUT2D eigenvalue weighted by Gasteiger charge is 2.35. The van der Waals surface area contributed by atoms with Crippen LogP contribution in [0.5, 0.6) is 5.75 Å². The molecule has 4 nitrogen and oxygen atoms in total. The van der Waals surface area contributed by atoms with Gasteiger partial charge >= 0.3 is 0 Å². The fraction of sp³-hybridized carbons (Fsp3) is 0.152. The Hall–Kier alpha value is -2.88. The molecular formula is C33H28BrIN2O2S. The molecule has 0 aliphatic carbocycles. The molecule has 1 amide bonds. The summed E-state index contributed by atoms with van der Waals surface area (Å²) in [4.78, 5) is 21.0. The fourth-order valence-corrected chi connectivity index (χ4v) is 7.03. The largest absolute Gasteiger partial charge is 0.487 e. The zero-order valence-electron chi connectivity index (χ0n) is 22.2. The average Bonchev–Trinajstić information content (AvgIpc) is 3.27. The lowest BCUT2D eigenvalue weighted by molar-refractivity contribution is -0.113. The van der Waals surface area contributed by atoms with Gasteiger partial charge in [0.1, 0.15) is 12.4 Å². The highest BCUT2D eigenvalue weighted by atomic mass is 127. The predicted octanol–water partition coefficient (Wildman–Crippen LogP) is 9.57. The van der Waals surface area contributed by atoms with Crippen LogP contribution in [0.25, 0.3) is 6.08 Å². The SMILES string of the molecule is CCc1ccc(N=C2S/C(=C\c3cc(Br)c(OCc4ccccc4)c(I)c3)C(=O)N2c2ccc(CC)cc2)cc1. The number of anilines is 1. The van der Waals surface area contributed by atoms with Crippen molar-refractivity contribution in [2.75, 3.05) is 4.90 Å². The standard InChI is InChI=1S/C33H28BrIN2O2S/c1-3-22-10-14-26(15-11-22)36-33-37(27-16-12-23(4-2)13-17-27)32(38)30(40-33)20-25-18-28(34)31(29(35)19-25)39-21-24-8-6-5-7-9-24/h5-20H,3-4,21H2,1-2H3/b30-20-,36-33?. The third kappa shape index (κ3) is 6.70. The molecule has 1 aliphatic rings. The molecule has 0 radical (unpaired) electrons. The van der Waals surface area contributed by atoms with Crippen LogP contribution in [0.15, 0.2) is 105 Å². The van der Waals surface area contributed by atoms with Crippen molar-refractivity contribution in [1.29, 1.82) is 0 Å². The van der Waals surface area contributed by atoms with Gasteiger partial charge in [-0.1, -0.05) is 68.4 Å². The molecule has 0 N–H and O–H groups in total. The summed E-state index contributed by atoms with van der Waals surface area (Å²) in [7, 11) is 0. The highest BCUT2D eigenvalue weighted by molar-refractivity contribution is 14.1. The van der Waals surface area contributed by atoms with Crippen LogP contribution in [0.1, 0.15) is 36.1 Å². The number of amidine groups is 1. The first-order valence-corrected chi connectivity index (χ1v) is 15.8. The van der Waals surface area contributed by atoms with Gasteiger partial charge in [-0.05, 0) is 128 Å². The van der Waals surface area contributed by atoms with Crippen molar-refractivity contribution in [2.45, 2.75) is 33.3 Å². The lowest BCUT2D eigenvalue weighted by Crippen LogP contribution is -2.28. The van der Waals surface area contributed by atoms with Crippen LogP contribution >= 0.6 is 50.3 Å². The maximum Gasteiger partial charge on any atom is 0.271 e. The number of rotatable bonds is 8. The average molecular weight is 723 g/mol. The maximum atomic E-state index is 13.8. The molecule has 1 saturated heterocycles. The van der Waals surface area contributed by atoms with Gasteiger partial charge in [-0.2, -0.15) is 0 Å². The summed E-state index contributed by atoms with van der Waals surface area (Å²) in [5, 5.41) is 0.640. The normalized spacial score (nSPS) is 15.3. The number of halogens is 2. The van der Waals surface area contributed by atoms with Gasteiger partial charge < -0.3 is 4.74 Å². The van der Waals surface area contributed by atoms with Crippen molar-refractivity contribution < 1.29 is 9.53 Å². The Morgan fingerprint density at radius 2 is 1.55 bits per heavy atom. The van der Waals surface area contributed by atoms with Crippen LogP contribution < -0.4 is 9.64 Å². The summed E-state index contributed by atoms with van der Waals surface area (Å²) in [5.74, 6) is 0.695. The molecule has 1 heterocycles. The third-order valence-corrected chi connectivity index (χ3v) is 8.88. The molecule has 0 atom stereocenters. The number of thioether (sulfide) groups is 1. The number of carbonyl (C=O) groups excluding carboxylic acids is 1. The van der Waals surface area contributed by atoms with E-state index in [1.165, 1.54) is 22.9 Å². The highest BCUT2D eigenvalue weighted by Crippen LogP contribution is 2.39. The zero-order chi connectivity index (χ0) is 28.1. The molecule has 7 heteroatoms. The zero-order valence-corrected chi connectivity index (χ0v) is 26.8. The lowest BCUT2D eigenvalue weighted by Gasteiger charge is -2.16. The molecule has 0 aromatic heterocycles. The van der Waals surface area contributed by atoms with Gasteiger partial charge in [0, 0.05) is 0 Å². The van der Waals surface area contributed by atoms with Crippen molar-refractivity contribution in [1.82, 2.24) is 0 Å². The summed E-state index contributed by atoms with van der Waals surface area (Å²) in [6, 6.07) is 30.4. The molecule has 1 fully saturated rings. The Balaban J connectivity index is 1.46. The Labute approximate surface area is 261 Å². The molecule has 0 bridgehead atoms. The van der Waals surface area contributed by atoms with E-state index >= 15 is 0 Å². The van der Waals surface area contributed by atoms with Gasteiger partial charge in [0.2, 0.25) is 0 Å². The topological polar surface area (TPSA) is 41.9 Å². The quantitative estimate of drug-likeness (QED) is 0.134. The van der Waals surface area contributed by atoms with Crippen LogP contribution in [0.4, 0.5) is 11.4 Å². The van der Waals surface area contributed by atoms with Gasteiger partial charge in [-0.15, -0.1) is 0 Å². The summed E-state index contributed by atoms with van der Waals surface area (Å²) >= 11 is 7.36. The summed E-state index contributed by atoms with van der Waals surface area (Å²) < 4.78 is 7.92. The number of aliphatic imine (C=N–C) groups is 1. The van der Waals surface area contributed by atoms with E-state index in [0.717, 1.165) is 49.1 Å². The molecule has 1 aliphatic heterocycles. The van der Waals surface area contributed by atoms with Crippen LogP contribution in [0, 0.1) is 3.57 Å². The molecule has 40 heavy (non-hydrogen) atoms. The van der Waals surface area contributed by atoms with Gasteiger partial charge in [-0.3, -0.25) is 9.69 Å². The number of ether oxygens (including phenoxy) is 1. The second-order valence-electron chi connectivity index (χ2n) is 9.27. The molecule has 0 spiro atoms. The van der Waals surface area contributed by atoms with Gasteiger partial charge in [0.25, 0.3) is 5.91 Å². The molecular weight excluding hydrogens is 695 g/mol. The van der Waals surface area contributed by atoms with Gasteiger partial charge in [0.15, 0.2) is 5.17 Å². The van der Waals surface area contributed by atoms with Crippen molar-refractivity contribution >= 4 is 78.8 Å². The summed E-state index contributed by atoms with van der Waals surface area (Å²) in [6.07, 6.45) is 3.84. The first-order chi connectivity index (χ1) is 19.4. The number of benzene rings is 4. The Morgan fingerprint density at radius 3 is 2.17 bits per heavy atom. The lowest BCUT2D eigenvalue weighted by atomic mass is 10.1. The smallest absolute Gasteiger partial charge is 0.271 e. The van der Waals surface area contributed by atoms with E-state index in [2.05, 4.69) is 76.6 Å². The Kier molecular flexibility index (Phi) is 9.44. The number of hydrogen-bond acceptors (Lipinski definition) is 4. The Bertz CT molecular complexity index is 1550. The van der Waals surface area contributed by atoms with Crippen LogP contribution in [-0.4, -0.2) is 11.1 Å². The molecule has 4 aromatic carbocycles. The first-order valence-electron chi connectivity index (χ1n) is 13.1.